The number of likely N-dealkylation sites (tertiary alicyclic amines) is 1. The van der Waals surface area contributed by atoms with Gasteiger partial charge in [-0.3, -0.25) is 9.59 Å². The molecule has 0 spiro atoms. The van der Waals surface area contributed by atoms with E-state index in [1.807, 2.05) is 55.3 Å². The van der Waals surface area contributed by atoms with Gasteiger partial charge in [-0.05, 0) is 43.4 Å². The van der Waals surface area contributed by atoms with Gasteiger partial charge in [-0.2, -0.15) is 0 Å². The second-order valence-corrected chi connectivity index (χ2v) is 10.7. The first kappa shape index (κ1) is 26.8. The molecule has 2 aliphatic rings. The SMILES string of the molecule is CCOC(=O)N1CCC(NC(=O)C(C(C)CC)N2C(=O)c3ccccc3C2c2cn(C)c3ccccc23)CC1. The van der Waals surface area contributed by atoms with Crippen LogP contribution in [0.15, 0.2) is 54.7 Å². The maximum absolute atomic E-state index is 14.0. The van der Waals surface area contributed by atoms with Gasteiger partial charge in [0.25, 0.3) is 5.91 Å². The zero-order chi connectivity index (χ0) is 27.7. The fourth-order valence-corrected chi connectivity index (χ4v) is 6.12. The molecular weight excluding hydrogens is 492 g/mol. The van der Waals surface area contributed by atoms with Crippen LogP contribution >= 0.6 is 0 Å². The fourth-order valence-electron chi connectivity index (χ4n) is 6.12. The molecule has 0 radical (unpaired) electrons. The molecule has 0 bridgehead atoms. The number of nitrogens with zero attached hydrogens (tertiary/aromatic N) is 3. The van der Waals surface area contributed by atoms with Crippen LogP contribution in [0.3, 0.4) is 0 Å². The third kappa shape index (κ3) is 4.88. The van der Waals surface area contributed by atoms with Crippen LogP contribution in [-0.2, 0) is 16.6 Å². The van der Waals surface area contributed by atoms with E-state index in [4.69, 9.17) is 4.74 Å². The number of fused-ring (bicyclic) bond motifs is 2. The summed E-state index contributed by atoms with van der Waals surface area (Å²) in [6.07, 6.45) is 3.84. The Hall–Kier alpha value is -3.81. The van der Waals surface area contributed by atoms with Crippen molar-refractivity contribution in [1.82, 2.24) is 19.7 Å². The number of ether oxygens (including phenoxy) is 1. The summed E-state index contributed by atoms with van der Waals surface area (Å²) in [6.45, 7) is 7.31. The molecule has 3 unspecified atom stereocenters. The number of para-hydroxylation sites is 1. The summed E-state index contributed by atoms with van der Waals surface area (Å²) in [5.74, 6) is -0.299. The van der Waals surface area contributed by atoms with Crippen molar-refractivity contribution in [2.75, 3.05) is 19.7 Å². The molecule has 206 valence electrons. The van der Waals surface area contributed by atoms with Gasteiger partial charge in [0.1, 0.15) is 6.04 Å². The minimum Gasteiger partial charge on any atom is -0.450 e. The summed E-state index contributed by atoms with van der Waals surface area (Å²) >= 11 is 0. The lowest BCUT2D eigenvalue weighted by Crippen LogP contribution is -2.55. The van der Waals surface area contributed by atoms with E-state index in [1.54, 1.807) is 11.8 Å². The molecule has 1 fully saturated rings. The van der Waals surface area contributed by atoms with Crippen LogP contribution in [0.25, 0.3) is 10.9 Å². The van der Waals surface area contributed by atoms with Crippen molar-refractivity contribution in [3.05, 3.63) is 71.4 Å². The minimum absolute atomic E-state index is 0.0552. The van der Waals surface area contributed by atoms with E-state index in [0.717, 1.165) is 28.5 Å². The number of piperidine rings is 1. The zero-order valence-corrected chi connectivity index (χ0v) is 23.2. The van der Waals surface area contributed by atoms with Crippen molar-refractivity contribution < 1.29 is 19.1 Å². The Morgan fingerprint density at radius 1 is 1.03 bits per heavy atom. The number of amides is 3. The van der Waals surface area contributed by atoms with Crippen molar-refractivity contribution >= 4 is 28.8 Å². The summed E-state index contributed by atoms with van der Waals surface area (Å²) in [5, 5.41) is 4.33. The highest BCUT2D eigenvalue weighted by Crippen LogP contribution is 2.44. The molecule has 3 atom stereocenters. The number of nitrogens with one attached hydrogen (secondary N) is 1. The van der Waals surface area contributed by atoms with Gasteiger partial charge in [0.05, 0.1) is 12.6 Å². The summed E-state index contributed by atoms with van der Waals surface area (Å²) in [7, 11) is 2.01. The molecule has 2 aromatic carbocycles. The lowest BCUT2D eigenvalue weighted by atomic mass is 9.92. The van der Waals surface area contributed by atoms with E-state index in [1.165, 1.54) is 0 Å². The van der Waals surface area contributed by atoms with Gasteiger partial charge in [0, 0.05) is 54.4 Å². The Kier molecular flexibility index (Phi) is 7.64. The number of benzene rings is 2. The van der Waals surface area contributed by atoms with Crippen molar-refractivity contribution in [1.29, 1.82) is 0 Å². The molecule has 3 amide bonds. The van der Waals surface area contributed by atoms with Crippen LogP contribution in [0, 0.1) is 5.92 Å². The van der Waals surface area contributed by atoms with Gasteiger partial charge in [0.2, 0.25) is 5.91 Å². The Balaban J connectivity index is 1.47. The van der Waals surface area contributed by atoms with Crippen LogP contribution in [0.4, 0.5) is 4.79 Å². The predicted octanol–water partition coefficient (Wildman–Crippen LogP) is 4.88. The number of hydrogen-bond acceptors (Lipinski definition) is 4. The van der Waals surface area contributed by atoms with Gasteiger partial charge >= 0.3 is 6.09 Å². The first-order valence-electron chi connectivity index (χ1n) is 14.0. The molecule has 2 aliphatic heterocycles. The van der Waals surface area contributed by atoms with Crippen molar-refractivity contribution in [3.63, 3.8) is 0 Å². The molecule has 8 nitrogen and oxygen atoms in total. The summed E-state index contributed by atoms with van der Waals surface area (Å²) in [4.78, 5) is 43.7. The maximum Gasteiger partial charge on any atom is 0.409 e. The molecule has 8 heteroatoms. The number of hydrogen-bond donors (Lipinski definition) is 1. The molecule has 1 N–H and O–H groups in total. The van der Waals surface area contributed by atoms with Gasteiger partial charge in [-0.15, -0.1) is 0 Å². The monoisotopic (exact) mass is 530 g/mol. The van der Waals surface area contributed by atoms with Crippen molar-refractivity contribution in [3.8, 4) is 0 Å². The average molecular weight is 531 g/mol. The first-order valence-corrected chi connectivity index (χ1v) is 14.0. The maximum atomic E-state index is 14.0. The van der Waals surface area contributed by atoms with Gasteiger partial charge < -0.3 is 24.4 Å². The third-order valence-electron chi connectivity index (χ3n) is 8.34. The topological polar surface area (TPSA) is 83.9 Å². The molecule has 3 aromatic rings. The van der Waals surface area contributed by atoms with Crippen molar-refractivity contribution in [2.45, 2.75) is 58.2 Å². The highest BCUT2D eigenvalue weighted by Gasteiger charge is 2.46. The predicted molar refractivity (Wildman–Crippen MR) is 150 cm³/mol. The number of carbonyl (C=O) groups excluding carboxylic acids is 3. The van der Waals surface area contributed by atoms with E-state index in [-0.39, 0.29) is 35.9 Å². The average Bonchev–Trinajstić information content (AvgIpc) is 3.43. The number of carbonyl (C=O) groups is 3. The van der Waals surface area contributed by atoms with Crippen LogP contribution < -0.4 is 5.32 Å². The molecule has 0 saturated carbocycles. The largest absolute Gasteiger partial charge is 0.450 e. The summed E-state index contributed by atoms with van der Waals surface area (Å²) in [5.41, 5.74) is 3.69. The van der Waals surface area contributed by atoms with Gasteiger partial charge in [-0.1, -0.05) is 56.7 Å². The molecule has 0 aliphatic carbocycles. The highest BCUT2D eigenvalue weighted by molar-refractivity contribution is 6.03. The van der Waals surface area contributed by atoms with E-state index >= 15 is 0 Å². The van der Waals surface area contributed by atoms with E-state index in [2.05, 4.69) is 35.1 Å². The first-order chi connectivity index (χ1) is 18.8. The molecule has 5 rings (SSSR count). The minimum atomic E-state index is -0.637. The van der Waals surface area contributed by atoms with Crippen LogP contribution in [0.2, 0.25) is 0 Å². The third-order valence-corrected chi connectivity index (χ3v) is 8.34. The lowest BCUT2D eigenvalue weighted by Gasteiger charge is -2.38. The van der Waals surface area contributed by atoms with E-state index in [9.17, 15) is 14.4 Å². The molecular formula is C31H38N4O4. The molecule has 3 heterocycles. The van der Waals surface area contributed by atoms with Crippen LogP contribution in [-0.4, -0.2) is 64.1 Å². The van der Waals surface area contributed by atoms with Gasteiger partial charge in [-0.25, -0.2) is 4.79 Å². The van der Waals surface area contributed by atoms with Crippen molar-refractivity contribution in [2.24, 2.45) is 13.0 Å². The molecule has 1 saturated heterocycles. The second kappa shape index (κ2) is 11.1. The Labute approximate surface area is 229 Å². The quantitative estimate of drug-likeness (QED) is 0.472. The fraction of sp³-hybridized carbons (Fsp3) is 0.452. The summed E-state index contributed by atoms with van der Waals surface area (Å²) < 4.78 is 7.22. The smallest absolute Gasteiger partial charge is 0.409 e. The molecule has 39 heavy (non-hydrogen) atoms. The Morgan fingerprint density at radius 3 is 2.44 bits per heavy atom. The van der Waals surface area contributed by atoms with Gasteiger partial charge in [0.15, 0.2) is 0 Å². The van der Waals surface area contributed by atoms with E-state index in [0.29, 0.717) is 38.1 Å². The number of aryl methyl sites for hydroxylation is 1. The Morgan fingerprint density at radius 2 is 1.72 bits per heavy atom. The zero-order valence-electron chi connectivity index (χ0n) is 23.2. The lowest BCUT2D eigenvalue weighted by molar-refractivity contribution is -0.128. The number of rotatable bonds is 7. The molecule has 1 aromatic heterocycles. The standard InChI is InChI=1S/C31H38N4O4/c1-5-20(3)27(29(36)32-21-15-17-34(18-16-21)31(38)39-6-2)35-28(23-12-7-8-13-24(23)30(35)37)25-19-33(4)26-14-10-9-11-22(25)26/h7-14,19-21,27-28H,5-6,15-18H2,1-4H3,(H,32,36). The Bertz CT molecular complexity index is 1370. The van der Waals surface area contributed by atoms with Crippen LogP contribution in [0.5, 0.6) is 0 Å². The van der Waals surface area contributed by atoms with Crippen LogP contribution in [0.1, 0.15) is 67.6 Å². The van der Waals surface area contributed by atoms with E-state index < -0.39 is 6.04 Å². The number of aromatic nitrogens is 1. The second-order valence-electron chi connectivity index (χ2n) is 10.7. The summed E-state index contributed by atoms with van der Waals surface area (Å²) in [6, 6.07) is 14.9. The highest BCUT2D eigenvalue weighted by atomic mass is 16.6. The normalized spacial score (nSPS) is 19.2.